The number of halogens is 1. The summed E-state index contributed by atoms with van der Waals surface area (Å²) >= 11 is 2.27. The van der Waals surface area contributed by atoms with E-state index in [9.17, 15) is 8.42 Å². The van der Waals surface area contributed by atoms with Crippen LogP contribution in [-0.2, 0) is 14.9 Å². The third-order valence-electron chi connectivity index (χ3n) is 3.24. The number of ether oxygens (including phenoxy) is 1. The Hall–Kier alpha value is -0.220. The maximum Gasteiger partial charge on any atom is 0.264 e. The van der Waals surface area contributed by atoms with Crippen molar-refractivity contribution >= 4 is 32.7 Å². The van der Waals surface area contributed by atoms with Gasteiger partial charge in [0.2, 0.25) is 0 Å². The molecule has 0 aliphatic carbocycles. The summed E-state index contributed by atoms with van der Waals surface area (Å²) in [5, 5.41) is 3.30. The predicted molar refractivity (Wildman–Crippen MR) is 92.0 cm³/mol. The van der Waals surface area contributed by atoms with Crippen LogP contribution in [0.25, 0.3) is 0 Å². The third kappa shape index (κ3) is 6.19. The Morgan fingerprint density at radius 1 is 1.38 bits per heavy atom. The van der Waals surface area contributed by atoms with Crippen LogP contribution >= 0.6 is 22.6 Å². The first-order valence-electron chi connectivity index (χ1n) is 6.65. The first-order chi connectivity index (χ1) is 9.67. The fourth-order valence-corrected chi connectivity index (χ4v) is 3.44. The molecule has 0 bridgehead atoms. The van der Waals surface area contributed by atoms with Crippen molar-refractivity contribution < 1.29 is 17.7 Å². The lowest BCUT2D eigenvalue weighted by Gasteiger charge is -2.35. The van der Waals surface area contributed by atoms with E-state index in [-0.39, 0.29) is 17.4 Å². The molecule has 5 nitrogen and oxygen atoms in total. The van der Waals surface area contributed by atoms with Crippen LogP contribution in [0.15, 0.2) is 24.3 Å². The fourth-order valence-electron chi connectivity index (χ4n) is 2.26. The van der Waals surface area contributed by atoms with Gasteiger partial charge >= 0.3 is 0 Å². The van der Waals surface area contributed by atoms with Gasteiger partial charge in [0, 0.05) is 16.2 Å². The Morgan fingerprint density at radius 2 is 2.00 bits per heavy atom. The standard InChI is InChI=1S/C14H22INO4S/c1-14(2,16-9-6-10-21(17,18)19)13(20-3)11-7-4-5-8-12(11)15/h4-5,7-8,13,16H,6,9-10H2,1-3H3,(H,17,18,19). The lowest BCUT2D eigenvalue weighted by atomic mass is 9.91. The van der Waals surface area contributed by atoms with E-state index in [1.165, 1.54) is 0 Å². The van der Waals surface area contributed by atoms with Gasteiger partial charge in [-0.2, -0.15) is 8.42 Å². The number of nitrogens with one attached hydrogen (secondary N) is 1. The molecule has 21 heavy (non-hydrogen) atoms. The summed E-state index contributed by atoms with van der Waals surface area (Å²) in [6.07, 6.45) is 0.196. The van der Waals surface area contributed by atoms with Gasteiger partial charge in [-0.25, -0.2) is 0 Å². The van der Waals surface area contributed by atoms with E-state index in [1.807, 2.05) is 38.1 Å². The van der Waals surface area contributed by atoms with Gasteiger partial charge in [-0.3, -0.25) is 4.55 Å². The Morgan fingerprint density at radius 3 is 2.52 bits per heavy atom. The number of rotatable bonds is 8. The Balaban J connectivity index is 2.72. The van der Waals surface area contributed by atoms with E-state index < -0.39 is 10.1 Å². The highest BCUT2D eigenvalue weighted by Gasteiger charge is 2.31. The first kappa shape index (κ1) is 18.8. The maximum absolute atomic E-state index is 10.7. The van der Waals surface area contributed by atoms with Gasteiger partial charge in [-0.1, -0.05) is 18.2 Å². The van der Waals surface area contributed by atoms with Crippen LogP contribution in [0.1, 0.15) is 31.9 Å². The Kier molecular flexibility index (Phi) is 7.05. The lowest BCUT2D eigenvalue weighted by Crippen LogP contribution is -2.46. The Bertz CT molecular complexity index is 560. The maximum atomic E-state index is 10.7. The summed E-state index contributed by atoms with van der Waals surface area (Å²) in [6.45, 7) is 4.51. The second kappa shape index (κ2) is 7.87. The Labute approximate surface area is 140 Å². The second-order valence-corrected chi connectivity index (χ2v) is 8.16. The van der Waals surface area contributed by atoms with Crippen LogP contribution in [0.5, 0.6) is 0 Å². The van der Waals surface area contributed by atoms with E-state index >= 15 is 0 Å². The topological polar surface area (TPSA) is 75.6 Å². The van der Waals surface area contributed by atoms with E-state index in [0.29, 0.717) is 13.0 Å². The number of methoxy groups -OCH3 is 1. The van der Waals surface area contributed by atoms with Crippen LogP contribution < -0.4 is 5.32 Å². The van der Waals surface area contributed by atoms with Crippen molar-refractivity contribution in [2.75, 3.05) is 19.4 Å². The van der Waals surface area contributed by atoms with Gasteiger partial charge < -0.3 is 10.1 Å². The molecule has 1 aromatic carbocycles. The van der Waals surface area contributed by atoms with Gasteiger partial charge in [-0.05, 0) is 61.0 Å². The number of hydrogen-bond acceptors (Lipinski definition) is 4. The molecular weight excluding hydrogens is 405 g/mol. The molecule has 7 heteroatoms. The molecule has 0 fully saturated rings. The van der Waals surface area contributed by atoms with E-state index in [0.717, 1.165) is 9.13 Å². The zero-order valence-electron chi connectivity index (χ0n) is 12.5. The molecule has 2 N–H and O–H groups in total. The summed E-state index contributed by atoms with van der Waals surface area (Å²) in [5.74, 6) is -0.239. The van der Waals surface area contributed by atoms with E-state index in [1.54, 1.807) is 7.11 Å². The smallest absolute Gasteiger partial charge is 0.264 e. The van der Waals surface area contributed by atoms with Crippen molar-refractivity contribution in [1.82, 2.24) is 5.32 Å². The normalized spacial score (nSPS) is 14.1. The lowest BCUT2D eigenvalue weighted by molar-refractivity contribution is 0.0308. The molecule has 1 unspecified atom stereocenters. The minimum atomic E-state index is -3.90. The zero-order chi connectivity index (χ0) is 16.1. The fraction of sp³-hybridized carbons (Fsp3) is 0.571. The summed E-state index contributed by atoms with van der Waals surface area (Å²) in [6, 6.07) is 8.00. The number of benzene rings is 1. The second-order valence-electron chi connectivity index (χ2n) is 5.43. The van der Waals surface area contributed by atoms with Gasteiger partial charge in [0.05, 0.1) is 5.75 Å². The minimum Gasteiger partial charge on any atom is -0.375 e. The van der Waals surface area contributed by atoms with Crippen LogP contribution in [0.2, 0.25) is 0 Å². The first-order valence-corrected chi connectivity index (χ1v) is 9.33. The minimum absolute atomic E-state index is 0.156. The summed E-state index contributed by atoms with van der Waals surface area (Å²) in [4.78, 5) is 0. The molecule has 0 spiro atoms. The van der Waals surface area contributed by atoms with Gasteiger partial charge in [0.25, 0.3) is 10.1 Å². The molecule has 1 rings (SSSR count). The van der Waals surface area contributed by atoms with Crippen molar-refractivity contribution in [3.63, 3.8) is 0 Å². The van der Waals surface area contributed by atoms with Crippen LogP contribution in [0.4, 0.5) is 0 Å². The highest BCUT2D eigenvalue weighted by molar-refractivity contribution is 14.1. The van der Waals surface area contributed by atoms with Crippen molar-refractivity contribution in [2.24, 2.45) is 0 Å². The summed E-state index contributed by atoms with van der Waals surface area (Å²) < 4.78 is 36.9. The molecule has 0 aromatic heterocycles. The summed E-state index contributed by atoms with van der Waals surface area (Å²) in [7, 11) is -2.24. The highest BCUT2D eigenvalue weighted by Crippen LogP contribution is 2.31. The van der Waals surface area contributed by atoms with Crippen LogP contribution in [-0.4, -0.2) is 37.9 Å². The molecule has 0 amide bonds. The number of hydrogen-bond donors (Lipinski definition) is 2. The summed E-state index contributed by atoms with van der Waals surface area (Å²) in [5.41, 5.74) is 0.725. The molecule has 1 atom stereocenters. The molecule has 0 saturated heterocycles. The molecule has 0 heterocycles. The average molecular weight is 427 g/mol. The predicted octanol–water partition coefficient (Wildman–Crippen LogP) is 2.62. The molecule has 0 saturated carbocycles. The van der Waals surface area contributed by atoms with Gasteiger partial charge in [-0.15, -0.1) is 0 Å². The van der Waals surface area contributed by atoms with Crippen molar-refractivity contribution in [3.8, 4) is 0 Å². The van der Waals surface area contributed by atoms with Crippen molar-refractivity contribution in [1.29, 1.82) is 0 Å². The van der Waals surface area contributed by atoms with Gasteiger partial charge in [0.15, 0.2) is 0 Å². The van der Waals surface area contributed by atoms with Gasteiger partial charge in [0.1, 0.15) is 6.10 Å². The quantitative estimate of drug-likeness (QED) is 0.379. The molecule has 1 aromatic rings. The average Bonchev–Trinajstić information content (AvgIpc) is 2.36. The third-order valence-corrected chi connectivity index (χ3v) is 5.03. The van der Waals surface area contributed by atoms with E-state index in [2.05, 4.69) is 27.9 Å². The molecular formula is C14H22INO4S. The highest BCUT2D eigenvalue weighted by atomic mass is 127. The van der Waals surface area contributed by atoms with Crippen molar-refractivity contribution in [3.05, 3.63) is 33.4 Å². The molecule has 0 aliphatic heterocycles. The van der Waals surface area contributed by atoms with Crippen LogP contribution in [0.3, 0.4) is 0 Å². The van der Waals surface area contributed by atoms with E-state index in [4.69, 9.17) is 9.29 Å². The molecule has 0 aliphatic rings. The zero-order valence-corrected chi connectivity index (χ0v) is 15.4. The molecule has 0 radical (unpaired) electrons. The SMILES string of the molecule is COC(c1ccccc1I)C(C)(C)NCCCS(=O)(=O)O. The monoisotopic (exact) mass is 427 g/mol. The van der Waals surface area contributed by atoms with Crippen LogP contribution in [0, 0.1) is 3.57 Å². The molecule has 120 valence electrons. The van der Waals surface area contributed by atoms with Crippen molar-refractivity contribution in [2.45, 2.75) is 31.9 Å². The largest absolute Gasteiger partial charge is 0.375 e.